The Bertz CT molecular complexity index is 298. The smallest absolute Gasteiger partial charge is 0.119 e. The van der Waals surface area contributed by atoms with Crippen molar-refractivity contribution in [2.45, 2.75) is 12.2 Å². The maximum atomic E-state index is 8.81. The maximum Gasteiger partial charge on any atom is 0.119 e. The zero-order valence-electron chi connectivity index (χ0n) is 7.43. The first-order chi connectivity index (χ1) is 6.35. The topological polar surface area (TPSA) is 42.0 Å². The zero-order chi connectivity index (χ0) is 9.26. The van der Waals surface area contributed by atoms with Crippen LogP contribution >= 0.6 is 0 Å². The van der Waals surface area contributed by atoms with E-state index in [4.69, 9.17) is 14.6 Å². The van der Waals surface area contributed by atoms with Gasteiger partial charge in [-0.3, -0.25) is 0 Å². The molecule has 13 heavy (non-hydrogen) atoms. The highest BCUT2D eigenvalue weighted by atomic mass is 16.6. The van der Waals surface area contributed by atoms with Gasteiger partial charge in [-0.25, -0.2) is 0 Å². The molecule has 0 bridgehead atoms. The predicted molar refractivity (Wildman–Crippen MR) is 47.7 cm³/mol. The van der Waals surface area contributed by atoms with Crippen molar-refractivity contribution in [3.63, 3.8) is 0 Å². The quantitative estimate of drug-likeness (QED) is 0.709. The fourth-order valence-electron chi connectivity index (χ4n) is 1.39. The number of epoxide rings is 1. The van der Waals surface area contributed by atoms with Crippen LogP contribution in [0.25, 0.3) is 0 Å². The molecule has 70 valence electrons. The molecule has 0 aromatic heterocycles. The molecule has 3 heteroatoms. The van der Waals surface area contributed by atoms with Gasteiger partial charge in [-0.15, -0.1) is 0 Å². The largest absolute Gasteiger partial charge is 0.497 e. The summed E-state index contributed by atoms with van der Waals surface area (Å²) in [7, 11) is 1.64. The van der Waals surface area contributed by atoms with Crippen LogP contribution in [0.1, 0.15) is 11.7 Å². The number of methoxy groups -OCH3 is 1. The summed E-state index contributed by atoms with van der Waals surface area (Å²) in [5, 5.41) is 8.81. The minimum Gasteiger partial charge on any atom is -0.497 e. The Morgan fingerprint density at radius 2 is 2.38 bits per heavy atom. The van der Waals surface area contributed by atoms with Gasteiger partial charge in [-0.1, -0.05) is 12.1 Å². The lowest BCUT2D eigenvalue weighted by Gasteiger charge is -2.00. The Balaban J connectivity index is 2.13. The number of ether oxygens (including phenoxy) is 2. The van der Waals surface area contributed by atoms with Gasteiger partial charge >= 0.3 is 0 Å². The van der Waals surface area contributed by atoms with Crippen LogP contribution in [-0.4, -0.2) is 24.9 Å². The Kier molecular flexibility index (Phi) is 2.20. The summed E-state index contributed by atoms with van der Waals surface area (Å²) in [5.41, 5.74) is 1.07. The monoisotopic (exact) mass is 180 g/mol. The van der Waals surface area contributed by atoms with Crippen molar-refractivity contribution in [3.05, 3.63) is 29.8 Å². The third-order valence-electron chi connectivity index (χ3n) is 2.18. The standard InChI is InChI=1S/C10H12O3/c1-12-8-4-2-3-7(5-8)10-9(6-11)13-10/h2-5,9-11H,6H2,1H3/t9-,10+/m0/s1. The van der Waals surface area contributed by atoms with Crippen molar-refractivity contribution in [1.82, 2.24) is 0 Å². The first kappa shape index (κ1) is 8.53. The van der Waals surface area contributed by atoms with E-state index in [1.807, 2.05) is 24.3 Å². The van der Waals surface area contributed by atoms with Crippen molar-refractivity contribution in [1.29, 1.82) is 0 Å². The van der Waals surface area contributed by atoms with Gasteiger partial charge in [0.25, 0.3) is 0 Å². The molecule has 0 amide bonds. The molecule has 1 fully saturated rings. The molecule has 1 N–H and O–H groups in total. The van der Waals surface area contributed by atoms with Crippen LogP contribution in [0.15, 0.2) is 24.3 Å². The Labute approximate surface area is 76.9 Å². The van der Waals surface area contributed by atoms with E-state index in [-0.39, 0.29) is 18.8 Å². The number of benzene rings is 1. The lowest BCUT2D eigenvalue weighted by atomic mass is 10.1. The van der Waals surface area contributed by atoms with E-state index < -0.39 is 0 Å². The second-order valence-electron chi connectivity index (χ2n) is 3.05. The average Bonchev–Trinajstić information content (AvgIpc) is 2.97. The van der Waals surface area contributed by atoms with E-state index in [0.29, 0.717) is 0 Å². The van der Waals surface area contributed by atoms with E-state index in [1.165, 1.54) is 0 Å². The fraction of sp³-hybridized carbons (Fsp3) is 0.400. The van der Waals surface area contributed by atoms with E-state index in [0.717, 1.165) is 11.3 Å². The van der Waals surface area contributed by atoms with E-state index in [2.05, 4.69) is 0 Å². The molecule has 1 aliphatic rings. The fourth-order valence-corrected chi connectivity index (χ4v) is 1.39. The molecule has 1 aliphatic heterocycles. The number of hydrogen-bond donors (Lipinski definition) is 1. The SMILES string of the molecule is COc1cccc([C@H]2O[C@H]2CO)c1. The third-order valence-corrected chi connectivity index (χ3v) is 2.18. The van der Waals surface area contributed by atoms with Gasteiger partial charge in [-0.2, -0.15) is 0 Å². The number of aliphatic hydroxyl groups is 1. The summed E-state index contributed by atoms with van der Waals surface area (Å²) < 4.78 is 10.3. The van der Waals surface area contributed by atoms with Crippen molar-refractivity contribution in [2.75, 3.05) is 13.7 Å². The highest BCUT2D eigenvalue weighted by Gasteiger charge is 2.39. The molecule has 1 aromatic rings. The first-order valence-corrected chi connectivity index (χ1v) is 4.25. The highest BCUT2D eigenvalue weighted by molar-refractivity contribution is 5.32. The van der Waals surface area contributed by atoms with Crippen LogP contribution in [0.5, 0.6) is 5.75 Å². The van der Waals surface area contributed by atoms with Gasteiger partial charge in [0, 0.05) is 0 Å². The zero-order valence-corrected chi connectivity index (χ0v) is 7.43. The molecule has 1 heterocycles. The van der Waals surface area contributed by atoms with Gasteiger partial charge in [0.1, 0.15) is 18.0 Å². The van der Waals surface area contributed by atoms with Gasteiger partial charge in [0.05, 0.1) is 13.7 Å². The minimum atomic E-state index is -0.0212. The van der Waals surface area contributed by atoms with Crippen LogP contribution in [0.3, 0.4) is 0 Å². The van der Waals surface area contributed by atoms with Gasteiger partial charge in [-0.05, 0) is 17.7 Å². The van der Waals surface area contributed by atoms with Crippen molar-refractivity contribution in [2.24, 2.45) is 0 Å². The molecule has 1 saturated heterocycles. The van der Waals surface area contributed by atoms with Crippen molar-refractivity contribution >= 4 is 0 Å². The molecular formula is C10H12O3. The van der Waals surface area contributed by atoms with Gasteiger partial charge in [0.15, 0.2) is 0 Å². The molecule has 0 spiro atoms. The Morgan fingerprint density at radius 3 is 3.00 bits per heavy atom. The van der Waals surface area contributed by atoms with E-state index in [9.17, 15) is 0 Å². The normalized spacial score (nSPS) is 25.7. The Hall–Kier alpha value is -1.06. The Morgan fingerprint density at radius 1 is 1.54 bits per heavy atom. The summed E-state index contributed by atoms with van der Waals surface area (Å²) >= 11 is 0. The van der Waals surface area contributed by atoms with Crippen LogP contribution in [0, 0.1) is 0 Å². The first-order valence-electron chi connectivity index (χ1n) is 4.25. The summed E-state index contributed by atoms with van der Waals surface area (Å²) in [6.07, 6.45) is 0.0345. The van der Waals surface area contributed by atoms with Crippen LogP contribution in [0.4, 0.5) is 0 Å². The van der Waals surface area contributed by atoms with E-state index >= 15 is 0 Å². The molecule has 0 aliphatic carbocycles. The predicted octanol–water partition coefficient (Wildman–Crippen LogP) is 1.13. The molecule has 0 radical (unpaired) electrons. The van der Waals surface area contributed by atoms with Crippen molar-refractivity contribution in [3.8, 4) is 5.75 Å². The van der Waals surface area contributed by atoms with Crippen LogP contribution in [-0.2, 0) is 4.74 Å². The molecule has 2 rings (SSSR count). The number of rotatable bonds is 3. The summed E-state index contributed by atoms with van der Waals surface area (Å²) in [6.45, 7) is 0.0852. The van der Waals surface area contributed by atoms with Gasteiger partial charge in [0.2, 0.25) is 0 Å². The van der Waals surface area contributed by atoms with Gasteiger partial charge < -0.3 is 14.6 Å². The maximum absolute atomic E-state index is 8.81. The van der Waals surface area contributed by atoms with Crippen LogP contribution in [0.2, 0.25) is 0 Å². The molecular weight excluding hydrogens is 168 g/mol. The molecule has 2 atom stereocenters. The molecule has 3 nitrogen and oxygen atoms in total. The van der Waals surface area contributed by atoms with Crippen molar-refractivity contribution < 1.29 is 14.6 Å². The average molecular weight is 180 g/mol. The summed E-state index contributed by atoms with van der Waals surface area (Å²) in [6, 6.07) is 7.72. The minimum absolute atomic E-state index is 0.0212. The highest BCUT2D eigenvalue weighted by Crippen LogP contribution is 2.39. The summed E-state index contributed by atoms with van der Waals surface area (Å²) in [5.74, 6) is 0.824. The third kappa shape index (κ3) is 1.66. The van der Waals surface area contributed by atoms with Crippen LogP contribution < -0.4 is 4.74 Å². The lowest BCUT2D eigenvalue weighted by molar-refractivity contribution is 0.242. The second-order valence-corrected chi connectivity index (χ2v) is 3.05. The molecule has 1 aromatic carbocycles. The lowest BCUT2D eigenvalue weighted by Crippen LogP contribution is -1.94. The second kappa shape index (κ2) is 3.36. The molecule has 0 unspecified atom stereocenters. The molecule has 0 saturated carbocycles. The van der Waals surface area contributed by atoms with E-state index in [1.54, 1.807) is 7.11 Å². The number of hydrogen-bond acceptors (Lipinski definition) is 3. The summed E-state index contributed by atoms with van der Waals surface area (Å²) in [4.78, 5) is 0. The number of aliphatic hydroxyl groups excluding tert-OH is 1.